The van der Waals surface area contributed by atoms with Crippen LogP contribution in [0.25, 0.3) is 22.0 Å². The second-order valence-electron chi connectivity index (χ2n) is 6.46. The van der Waals surface area contributed by atoms with Crippen molar-refractivity contribution in [3.63, 3.8) is 0 Å². The molecule has 0 spiro atoms. The number of oxazole rings is 1. The van der Waals surface area contributed by atoms with Crippen LogP contribution in [0.4, 0.5) is 5.69 Å². The first-order chi connectivity index (χ1) is 12.0. The summed E-state index contributed by atoms with van der Waals surface area (Å²) in [5.41, 5.74) is 4.39. The minimum absolute atomic E-state index is 0.212. The van der Waals surface area contributed by atoms with Crippen molar-refractivity contribution in [1.29, 1.82) is 0 Å². The average molecular weight is 334 g/mol. The number of hydrogen-bond donors (Lipinski definition) is 2. The van der Waals surface area contributed by atoms with Crippen LogP contribution in [0, 0.1) is 6.92 Å². The quantitative estimate of drug-likeness (QED) is 0.582. The van der Waals surface area contributed by atoms with Crippen LogP contribution in [0.3, 0.4) is 0 Å². The lowest BCUT2D eigenvalue weighted by Gasteiger charge is -2.03. The third-order valence-electron chi connectivity index (χ3n) is 4.09. The first-order valence-electron chi connectivity index (χ1n) is 8.18. The fourth-order valence-electron chi connectivity index (χ4n) is 2.76. The Kier molecular flexibility index (Phi) is 3.53. The molecule has 0 saturated heterocycles. The van der Waals surface area contributed by atoms with Gasteiger partial charge in [0.25, 0.3) is 5.91 Å². The molecule has 0 radical (unpaired) electrons. The van der Waals surface area contributed by atoms with E-state index in [1.165, 1.54) is 0 Å². The first-order valence-corrected chi connectivity index (χ1v) is 8.18. The van der Waals surface area contributed by atoms with Crippen molar-refractivity contribution in [3.8, 4) is 0 Å². The van der Waals surface area contributed by atoms with Gasteiger partial charge in [0.15, 0.2) is 17.2 Å². The number of rotatable bonds is 3. The predicted molar refractivity (Wildman–Crippen MR) is 96.9 cm³/mol. The highest BCUT2D eigenvalue weighted by Crippen LogP contribution is 2.24. The molecule has 1 amide bonds. The van der Waals surface area contributed by atoms with Crippen LogP contribution in [0.1, 0.15) is 41.7 Å². The van der Waals surface area contributed by atoms with Gasteiger partial charge in [0.1, 0.15) is 5.52 Å². The number of fused-ring (bicyclic) bond motifs is 2. The Morgan fingerprint density at radius 3 is 2.84 bits per heavy atom. The van der Waals surface area contributed by atoms with Crippen molar-refractivity contribution in [1.82, 2.24) is 15.2 Å². The van der Waals surface area contributed by atoms with E-state index in [1.54, 1.807) is 6.07 Å². The zero-order valence-electron chi connectivity index (χ0n) is 14.3. The van der Waals surface area contributed by atoms with Gasteiger partial charge in [-0.2, -0.15) is 5.10 Å². The van der Waals surface area contributed by atoms with Crippen LogP contribution in [-0.2, 0) is 0 Å². The molecule has 0 saturated carbocycles. The number of carbonyl (C=O) groups excluding carboxylic acids is 1. The van der Waals surface area contributed by atoms with Crippen LogP contribution < -0.4 is 5.32 Å². The molecule has 25 heavy (non-hydrogen) atoms. The molecule has 0 unspecified atom stereocenters. The molecule has 0 aliphatic rings. The van der Waals surface area contributed by atoms with Crippen molar-refractivity contribution >= 4 is 33.6 Å². The Morgan fingerprint density at radius 1 is 1.20 bits per heavy atom. The van der Waals surface area contributed by atoms with Gasteiger partial charge in [0.2, 0.25) is 0 Å². The molecule has 0 aliphatic heterocycles. The predicted octanol–water partition coefficient (Wildman–Crippen LogP) is 4.39. The number of hydrogen-bond acceptors (Lipinski definition) is 4. The van der Waals surface area contributed by atoms with Crippen LogP contribution in [-0.4, -0.2) is 21.1 Å². The summed E-state index contributed by atoms with van der Waals surface area (Å²) in [5, 5.41) is 10.7. The second kappa shape index (κ2) is 5.73. The van der Waals surface area contributed by atoms with Crippen LogP contribution >= 0.6 is 0 Å². The Labute approximate surface area is 144 Å². The van der Waals surface area contributed by atoms with Crippen LogP contribution in [0.5, 0.6) is 0 Å². The fourth-order valence-corrected chi connectivity index (χ4v) is 2.76. The van der Waals surface area contributed by atoms with Gasteiger partial charge in [0.05, 0.1) is 5.52 Å². The molecule has 2 aromatic carbocycles. The molecular weight excluding hydrogens is 316 g/mol. The topological polar surface area (TPSA) is 83.8 Å². The van der Waals surface area contributed by atoms with Crippen LogP contribution in [0.15, 0.2) is 40.8 Å². The van der Waals surface area contributed by atoms with Gasteiger partial charge in [-0.15, -0.1) is 0 Å². The number of anilines is 1. The summed E-state index contributed by atoms with van der Waals surface area (Å²) in [5.74, 6) is 0.639. The number of aromatic nitrogens is 3. The molecule has 6 nitrogen and oxygen atoms in total. The van der Waals surface area contributed by atoms with Gasteiger partial charge < -0.3 is 9.73 Å². The highest BCUT2D eigenvalue weighted by atomic mass is 16.3. The van der Waals surface area contributed by atoms with Gasteiger partial charge in [-0.3, -0.25) is 9.89 Å². The fraction of sp³-hybridized carbons (Fsp3) is 0.211. The number of amides is 1. The van der Waals surface area contributed by atoms with Crippen molar-refractivity contribution in [2.24, 2.45) is 0 Å². The largest absolute Gasteiger partial charge is 0.440 e. The number of aryl methyl sites for hydroxylation is 1. The van der Waals surface area contributed by atoms with Gasteiger partial charge >= 0.3 is 0 Å². The summed E-state index contributed by atoms with van der Waals surface area (Å²) in [7, 11) is 0. The Bertz CT molecular complexity index is 1090. The summed E-state index contributed by atoms with van der Waals surface area (Å²) in [4.78, 5) is 17.1. The van der Waals surface area contributed by atoms with Gasteiger partial charge in [0, 0.05) is 17.0 Å². The molecular formula is C19H18N4O2. The summed E-state index contributed by atoms with van der Waals surface area (Å²) in [6.07, 6.45) is 0. The molecule has 2 heterocycles. The molecule has 0 fully saturated rings. The van der Waals surface area contributed by atoms with Gasteiger partial charge in [-0.25, -0.2) is 4.98 Å². The van der Waals surface area contributed by atoms with E-state index in [1.807, 2.05) is 51.1 Å². The Hall–Kier alpha value is -3.15. The van der Waals surface area contributed by atoms with Gasteiger partial charge in [-0.1, -0.05) is 25.5 Å². The highest BCUT2D eigenvalue weighted by Gasteiger charge is 2.15. The standard InChI is InChI=1S/C19H18N4O2/c1-10(2)19-21-15-9-12(5-7-16(15)25-19)20-18(24)17-13-8-11(3)4-6-14(13)22-23-17/h4-10H,1-3H3,(H,20,24)(H,22,23). The zero-order chi connectivity index (χ0) is 17.6. The lowest BCUT2D eigenvalue weighted by Crippen LogP contribution is -2.12. The highest BCUT2D eigenvalue weighted by molar-refractivity contribution is 6.11. The Morgan fingerprint density at radius 2 is 2.04 bits per heavy atom. The molecule has 2 N–H and O–H groups in total. The van der Waals surface area contributed by atoms with E-state index in [4.69, 9.17) is 4.42 Å². The van der Waals surface area contributed by atoms with Crippen molar-refractivity contribution in [2.75, 3.05) is 5.32 Å². The summed E-state index contributed by atoms with van der Waals surface area (Å²) < 4.78 is 5.69. The minimum Gasteiger partial charge on any atom is -0.440 e. The lowest BCUT2D eigenvalue weighted by molar-refractivity contribution is 0.102. The van der Waals surface area contributed by atoms with E-state index in [0.717, 1.165) is 22.0 Å². The normalized spacial score (nSPS) is 11.5. The first kappa shape index (κ1) is 15.4. The number of nitrogens with zero attached hydrogens (tertiary/aromatic N) is 2. The maximum absolute atomic E-state index is 12.6. The lowest BCUT2D eigenvalue weighted by atomic mass is 10.1. The third kappa shape index (κ3) is 2.76. The SMILES string of the molecule is Cc1ccc2[nH]nc(C(=O)Nc3ccc4oc(C(C)C)nc4c3)c2c1. The molecule has 0 bridgehead atoms. The smallest absolute Gasteiger partial charge is 0.276 e. The molecule has 0 atom stereocenters. The van der Waals surface area contributed by atoms with E-state index >= 15 is 0 Å². The maximum Gasteiger partial charge on any atom is 0.276 e. The summed E-state index contributed by atoms with van der Waals surface area (Å²) in [6.45, 7) is 6.04. The molecule has 4 rings (SSSR count). The third-order valence-corrected chi connectivity index (χ3v) is 4.09. The van der Waals surface area contributed by atoms with E-state index in [-0.39, 0.29) is 11.8 Å². The number of nitrogens with one attached hydrogen (secondary N) is 2. The zero-order valence-corrected chi connectivity index (χ0v) is 14.3. The number of benzene rings is 2. The van der Waals surface area contributed by atoms with E-state index < -0.39 is 0 Å². The van der Waals surface area contributed by atoms with Crippen LogP contribution in [0.2, 0.25) is 0 Å². The van der Waals surface area contributed by atoms with Crippen molar-refractivity contribution in [3.05, 3.63) is 53.5 Å². The number of aromatic amines is 1. The van der Waals surface area contributed by atoms with E-state index in [9.17, 15) is 4.79 Å². The summed E-state index contributed by atoms with van der Waals surface area (Å²) >= 11 is 0. The van der Waals surface area contributed by atoms with Crippen molar-refractivity contribution < 1.29 is 9.21 Å². The Balaban J connectivity index is 1.65. The maximum atomic E-state index is 12.6. The number of H-pyrrole nitrogens is 1. The number of carbonyl (C=O) groups is 1. The minimum atomic E-state index is -0.260. The summed E-state index contributed by atoms with van der Waals surface area (Å²) in [6, 6.07) is 11.3. The molecule has 126 valence electrons. The molecule has 4 aromatic rings. The molecule has 6 heteroatoms. The average Bonchev–Trinajstić information content (AvgIpc) is 3.17. The van der Waals surface area contributed by atoms with E-state index in [0.29, 0.717) is 22.9 Å². The molecule has 0 aliphatic carbocycles. The van der Waals surface area contributed by atoms with Gasteiger partial charge in [-0.05, 0) is 37.3 Å². The van der Waals surface area contributed by atoms with Crippen molar-refractivity contribution in [2.45, 2.75) is 26.7 Å². The molecule has 2 aromatic heterocycles. The second-order valence-corrected chi connectivity index (χ2v) is 6.46. The van der Waals surface area contributed by atoms with E-state index in [2.05, 4.69) is 20.5 Å². The monoisotopic (exact) mass is 334 g/mol.